The van der Waals surface area contributed by atoms with Gasteiger partial charge in [0.1, 0.15) is 17.8 Å². The predicted molar refractivity (Wildman–Crippen MR) is 110 cm³/mol. The number of hydrogen-bond donors (Lipinski definition) is 0. The van der Waals surface area contributed by atoms with E-state index in [1.165, 1.54) is 19.3 Å². The first kappa shape index (κ1) is 20.0. The molecular formula is C22H31N5O2. The van der Waals surface area contributed by atoms with Gasteiger partial charge in [0.15, 0.2) is 0 Å². The average Bonchev–Trinajstić information content (AvgIpc) is 2.98. The molecule has 1 aromatic heterocycles. The number of ether oxygens (including phenoxy) is 1. The van der Waals surface area contributed by atoms with Gasteiger partial charge >= 0.3 is 0 Å². The van der Waals surface area contributed by atoms with Crippen molar-refractivity contribution in [3.63, 3.8) is 0 Å². The average molecular weight is 398 g/mol. The number of aromatic nitrogens is 3. The van der Waals surface area contributed by atoms with Gasteiger partial charge in [-0.05, 0) is 25.3 Å². The second-order valence-corrected chi connectivity index (χ2v) is 8.04. The van der Waals surface area contributed by atoms with Gasteiger partial charge in [0.25, 0.3) is 5.91 Å². The molecule has 1 atom stereocenters. The smallest absolute Gasteiger partial charge is 0.251 e. The van der Waals surface area contributed by atoms with Crippen molar-refractivity contribution in [2.24, 2.45) is 0 Å². The van der Waals surface area contributed by atoms with Crippen LogP contribution in [-0.4, -0.2) is 62.8 Å². The Labute approximate surface area is 172 Å². The van der Waals surface area contributed by atoms with Crippen molar-refractivity contribution in [2.45, 2.75) is 58.4 Å². The molecule has 0 bridgehead atoms. The number of carbonyl (C=O) groups excluding carboxylic acids is 1. The maximum absolute atomic E-state index is 12.7. The van der Waals surface area contributed by atoms with Crippen molar-refractivity contribution < 1.29 is 9.53 Å². The molecule has 29 heavy (non-hydrogen) atoms. The van der Waals surface area contributed by atoms with Gasteiger partial charge in [0, 0.05) is 39.1 Å². The Bertz CT molecular complexity index is 799. The van der Waals surface area contributed by atoms with E-state index in [1.54, 1.807) is 0 Å². The van der Waals surface area contributed by atoms with E-state index in [-0.39, 0.29) is 5.91 Å². The van der Waals surface area contributed by atoms with Crippen LogP contribution in [0.2, 0.25) is 0 Å². The number of nitrogens with zero attached hydrogens (tertiary/aromatic N) is 5. The van der Waals surface area contributed by atoms with Gasteiger partial charge in [-0.1, -0.05) is 36.8 Å². The minimum Gasteiger partial charge on any atom is -0.364 e. The lowest BCUT2D eigenvalue weighted by Gasteiger charge is -2.35. The molecule has 7 heteroatoms. The molecule has 156 valence electrons. The summed E-state index contributed by atoms with van der Waals surface area (Å²) < 4.78 is 8.11. The summed E-state index contributed by atoms with van der Waals surface area (Å²) in [6.45, 7) is 7.35. The molecule has 0 saturated carbocycles. The Morgan fingerprint density at radius 3 is 2.62 bits per heavy atom. The van der Waals surface area contributed by atoms with Crippen LogP contribution in [0.3, 0.4) is 0 Å². The third-order valence-corrected chi connectivity index (χ3v) is 5.93. The SMILES string of the molecule is CC(OCc1ccccc1)C(=O)N1CCN(Cc2nnc3n2CCCCC3)CC1. The highest BCUT2D eigenvalue weighted by Crippen LogP contribution is 2.16. The summed E-state index contributed by atoms with van der Waals surface area (Å²) in [4.78, 5) is 17.0. The van der Waals surface area contributed by atoms with Crippen molar-refractivity contribution in [3.8, 4) is 0 Å². The van der Waals surface area contributed by atoms with Crippen LogP contribution in [0.25, 0.3) is 0 Å². The zero-order chi connectivity index (χ0) is 20.1. The molecule has 0 radical (unpaired) electrons. The van der Waals surface area contributed by atoms with Crippen LogP contribution in [0.5, 0.6) is 0 Å². The van der Waals surface area contributed by atoms with Gasteiger partial charge in [-0.15, -0.1) is 10.2 Å². The van der Waals surface area contributed by atoms with Crippen LogP contribution in [0.4, 0.5) is 0 Å². The lowest BCUT2D eigenvalue weighted by atomic mass is 10.2. The first-order chi connectivity index (χ1) is 14.2. The van der Waals surface area contributed by atoms with Crippen molar-refractivity contribution in [1.29, 1.82) is 0 Å². The Kier molecular flexibility index (Phi) is 6.56. The number of hydrogen-bond acceptors (Lipinski definition) is 5. The largest absolute Gasteiger partial charge is 0.364 e. The predicted octanol–water partition coefficient (Wildman–Crippen LogP) is 2.25. The van der Waals surface area contributed by atoms with Crippen LogP contribution in [0, 0.1) is 0 Å². The number of piperazine rings is 1. The maximum atomic E-state index is 12.7. The maximum Gasteiger partial charge on any atom is 0.251 e. The topological polar surface area (TPSA) is 63.5 Å². The number of rotatable bonds is 6. The molecule has 1 unspecified atom stereocenters. The second kappa shape index (κ2) is 9.50. The highest BCUT2D eigenvalue weighted by atomic mass is 16.5. The number of carbonyl (C=O) groups is 1. The number of fused-ring (bicyclic) bond motifs is 1. The Hall–Kier alpha value is -2.25. The fourth-order valence-electron chi connectivity index (χ4n) is 4.11. The van der Waals surface area contributed by atoms with Gasteiger partial charge in [0.2, 0.25) is 0 Å². The summed E-state index contributed by atoms with van der Waals surface area (Å²) in [5.74, 6) is 2.29. The van der Waals surface area contributed by atoms with E-state index in [4.69, 9.17) is 4.74 Å². The van der Waals surface area contributed by atoms with E-state index in [1.807, 2.05) is 42.2 Å². The molecule has 1 aromatic carbocycles. The van der Waals surface area contributed by atoms with Gasteiger partial charge in [-0.3, -0.25) is 9.69 Å². The fraction of sp³-hybridized carbons (Fsp3) is 0.591. The zero-order valence-electron chi connectivity index (χ0n) is 17.3. The van der Waals surface area contributed by atoms with Crippen LogP contribution >= 0.6 is 0 Å². The zero-order valence-corrected chi connectivity index (χ0v) is 17.3. The monoisotopic (exact) mass is 397 g/mol. The van der Waals surface area contributed by atoms with Gasteiger partial charge in [-0.2, -0.15) is 0 Å². The van der Waals surface area contributed by atoms with E-state index < -0.39 is 6.10 Å². The molecule has 2 aliphatic rings. The number of amides is 1. The molecule has 1 saturated heterocycles. The quantitative estimate of drug-likeness (QED) is 0.748. The van der Waals surface area contributed by atoms with E-state index >= 15 is 0 Å². The molecule has 0 spiro atoms. The van der Waals surface area contributed by atoms with Crippen molar-refractivity contribution in [1.82, 2.24) is 24.6 Å². The summed E-state index contributed by atoms with van der Waals surface area (Å²) in [7, 11) is 0. The van der Waals surface area contributed by atoms with Crippen LogP contribution in [-0.2, 0) is 35.6 Å². The molecule has 0 aliphatic carbocycles. The summed E-state index contributed by atoms with van der Waals surface area (Å²) in [6.07, 6.45) is 4.31. The number of benzene rings is 1. The van der Waals surface area contributed by atoms with Crippen LogP contribution in [0.15, 0.2) is 30.3 Å². The molecule has 0 N–H and O–H groups in total. The summed E-state index contributed by atoms with van der Waals surface area (Å²) >= 11 is 0. The van der Waals surface area contributed by atoms with Gasteiger partial charge in [-0.25, -0.2) is 0 Å². The highest BCUT2D eigenvalue weighted by molar-refractivity contribution is 5.80. The van der Waals surface area contributed by atoms with Gasteiger partial charge in [0.05, 0.1) is 13.2 Å². The van der Waals surface area contributed by atoms with Crippen LogP contribution < -0.4 is 0 Å². The molecule has 4 rings (SSSR count). The molecule has 2 aromatic rings. The van der Waals surface area contributed by atoms with Crippen molar-refractivity contribution in [3.05, 3.63) is 47.5 Å². The summed E-state index contributed by atoms with van der Waals surface area (Å²) in [5.41, 5.74) is 1.09. The molecule has 1 amide bonds. The molecule has 2 aliphatic heterocycles. The minimum absolute atomic E-state index is 0.0805. The second-order valence-electron chi connectivity index (χ2n) is 8.04. The Morgan fingerprint density at radius 2 is 1.83 bits per heavy atom. The lowest BCUT2D eigenvalue weighted by Crippen LogP contribution is -2.51. The summed E-state index contributed by atoms with van der Waals surface area (Å²) in [5, 5.41) is 8.84. The standard InChI is InChI=1S/C22H31N5O2/c1-18(29-17-19-8-4-2-5-9-19)22(28)26-14-12-25(13-15-26)16-21-24-23-20-10-6-3-7-11-27(20)21/h2,4-5,8-9,18H,3,6-7,10-17H2,1H3. The molecule has 3 heterocycles. The Morgan fingerprint density at radius 1 is 1.03 bits per heavy atom. The first-order valence-electron chi connectivity index (χ1n) is 10.8. The highest BCUT2D eigenvalue weighted by Gasteiger charge is 2.26. The van der Waals surface area contributed by atoms with Crippen molar-refractivity contribution >= 4 is 5.91 Å². The van der Waals surface area contributed by atoms with Crippen molar-refractivity contribution in [2.75, 3.05) is 26.2 Å². The first-order valence-corrected chi connectivity index (χ1v) is 10.8. The third-order valence-electron chi connectivity index (χ3n) is 5.93. The van der Waals surface area contributed by atoms with Gasteiger partial charge < -0.3 is 14.2 Å². The summed E-state index contributed by atoms with van der Waals surface area (Å²) in [6, 6.07) is 9.98. The lowest BCUT2D eigenvalue weighted by molar-refractivity contribution is -0.145. The minimum atomic E-state index is -0.422. The Balaban J connectivity index is 1.25. The number of aryl methyl sites for hydroxylation is 1. The van der Waals surface area contributed by atoms with E-state index in [2.05, 4.69) is 19.7 Å². The fourth-order valence-corrected chi connectivity index (χ4v) is 4.11. The molecule has 7 nitrogen and oxygen atoms in total. The molecular weight excluding hydrogens is 366 g/mol. The third kappa shape index (κ3) is 5.03. The van der Waals surface area contributed by atoms with E-state index in [0.29, 0.717) is 6.61 Å². The normalized spacial score (nSPS) is 18.9. The van der Waals surface area contributed by atoms with E-state index in [9.17, 15) is 4.79 Å². The van der Waals surface area contributed by atoms with E-state index in [0.717, 1.165) is 62.9 Å². The molecule has 1 fully saturated rings. The van der Waals surface area contributed by atoms with Crippen LogP contribution in [0.1, 0.15) is 43.4 Å².